The zero-order valence-electron chi connectivity index (χ0n) is 19.0. The summed E-state index contributed by atoms with van der Waals surface area (Å²) in [5, 5.41) is 8.72. The highest BCUT2D eigenvalue weighted by Crippen LogP contribution is 2.28. The molecule has 0 unspecified atom stereocenters. The van der Waals surface area contributed by atoms with Crippen LogP contribution in [0, 0.1) is 13.8 Å². The van der Waals surface area contributed by atoms with Crippen molar-refractivity contribution in [3.8, 4) is 0 Å². The van der Waals surface area contributed by atoms with Gasteiger partial charge in [-0.05, 0) is 68.1 Å². The van der Waals surface area contributed by atoms with Gasteiger partial charge in [-0.25, -0.2) is 4.79 Å². The first-order valence-electron chi connectivity index (χ1n) is 11.2. The van der Waals surface area contributed by atoms with Crippen LogP contribution in [-0.2, 0) is 6.54 Å². The van der Waals surface area contributed by atoms with E-state index in [1.807, 2.05) is 56.3 Å². The highest BCUT2D eigenvalue weighted by molar-refractivity contribution is 6.04. The van der Waals surface area contributed by atoms with Crippen LogP contribution in [0.1, 0.15) is 39.9 Å². The van der Waals surface area contributed by atoms with Gasteiger partial charge in [-0.3, -0.25) is 9.78 Å². The fourth-order valence-electron chi connectivity index (χ4n) is 4.05. The van der Waals surface area contributed by atoms with E-state index in [9.17, 15) is 9.59 Å². The van der Waals surface area contributed by atoms with Crippen LogP contribution in [0.15, 0.2) is 60.9 Å². The Bertz CT molecular complexity index is 1140. The van der Waals surface area contributed by atoms with E-state index in [4.69, 9.17) is 0 Å². The minimum absolute atomic E-state index is 0.181. The van der Waals surface area contributed by atoms with Crippen LogP contribution >= 0.6 is 0 Å². The van der Waals surface area contributed by atoms with E-state index in [-0.39, 0.29) is 11.9 Å². The maximum atomic E-state index is 13.1. The molecule has 2 heterocycles. The Morgan fingerprint density at radius 2 is 1.82 bits per heavy atom. The molecule has 0 spiro atoms. The average molecular weight is 444 g/mol. The summed E-state index contributed by atoms with van der Waals surface area (Å²) in [4.78, 5) is 32.0. The van der Waals surface area contributed by atoms with Gasteiger partial charge in [-0.1, -0.05) is 23.8 Å². The van der Waals surface area contributed by atoms with Crippen molar-refractivity contribution in [2.45, 2.75) is 33.2 Å². The number of carbonyl (C=O) groups is 2. The highest BCUT2D eigenvalue weighted by atomic mass is 16.2. The molecule has 1 aliphatic heterocycles. The van der Waals surface area contributed by atoms with E-state index in [0.717, 1.165) is 54.0 Å². The molecule has 2 aromatic carbocycles. The average Bonchev–Trinajstić information content (AvgIpc) is 3.35. The second-order valence-electron chi connectivity index (χ2n) is 8.37. The quantitative estimate of drug-likeness (QED) is 0.507. The van der Waals surface area contributed by atoms with Gasteiger partial charge in [0.25, 0.3) is 5.91 Å². The van der Waals surface area contributed by atoms with Gasteiger partial charge in [-0.15, -0.1) is 0 Å². The number of hydrogen-bond donors (Lipinski definition) is 3. The number of nitrogens with zero attached hydrogens (tertiary/aromatic N) is 2. The third-order valence-corrected chi connectivity index (χ3v) is 5.75. The molecule has 1 fully saturated rings. The molecular weight excluding hydrogens is 414 g/mol. The minimum atomic E-state index is -0.349. The molecule has 33 heavy (non-hydrogen) atoms. The van der Waals surface area contributed by atoms with Gasteiger partial charge in [0.1, 0.15) is 0 Å². The third-order valence-electron chi connectivity index (χ3n) is 5.75. The van der Waals surface area contributed by atoms with Crippen molar-refractivity contribution in [1.82, 2.24) is 10.3 Å². The van der Waals surface area contributed by atoms with Crippen LogP contribution in [0.2, 0.25) is 0 Å². The van der Waals surface area contributed by atoms with Gasteiger partial charge in [0.2, 0.25) is 0 Å². The van der Waals surface area contributed by atoms with E-state index in [2.05, 4.69) is 25.8 Å². The lowest BCUT2D eigenvalue weighted by atomic mass is 10.1. The Kier molecular flexibility index (Phi) is 6.88. The van der Waals surface area contributed by atoms with Crippen molar-refractivity contribution in [3.05, 3.63) is 83.2 Å². The summed E-state index contributed by atoms with van der Waals surface area (Å²) in [7, 11) is 0. The Hall–Kier alpha value is -3.87. The smallest absolute Gasteiger partial charge is 0.323 e. The van der Waals surface area contributed by atoms with Crippen molar-refractivity contribution < 1.29 is 9.59 Å². The number of nitrogens with one attached hydrogen (secondary N) is 3. The van der Waals surface area contributed by atoms with E-state index < -0.39 is 0 Å². The van der Waals surface area contributed by atoms with Gasteiger partial charge in [0.05, 0.1) is 5.56 Å². The van der Waals surface area contributed by atoms with Gasteiger partial charge < -0.3 is 20.9 Å². The van der Waals surface area contributed by atoms with Crippen molar-refractivity contribution in [3.63, 3.8) is 0 Å². The summed E-state index contributed by atoms with van der Waals surface area (Å²) >= 11 is 0. The molecule has 0 bridgehead atoms. The molecule has 7 nitrogen and oxygen atoms in total. The third kappa shape index (κ3) is 5.68. The second-order valence-corrected chi connectivity index (χ2v) is 8.37. The van der Waals surface area contributed by atoms with Gasteiger partial charge >= 0.3 is 6.03 Å². The van der Waals surface area contributed by atoms with Gasteiger partial charge in [0, 0.05) is 49.1 Å². The Labute approximate surface area is 194 Å². The van der Waals surface area contributed by atoms with E-state index >= 15 is 0 Å². The van der Waals surface area contributed by atoms with Crippen molar-refractivity contribution >= 4 is 29.0 Å². The fourth-order valence-corrected chi connectivity index (χ4v) is 4.05. The second kappa shape index (κ2) is 10.2. The van der Waals surface area contributed by atoms with Crippen molar-refractivity contribution in [1.29, 1.82) is 0 Å². The number of hydrogen-bond acceptors (Lipinski definition) is 4. The van der Waals surface area contributed by atoms with E-state index in [1.165, 1.54) is 0 Å². The molecular formula is C26H29N5O2. The van der Waals surface area contributed by atoms with Crippen LogP contribution in [0.3, 0.4) is 0 Å². The molecule has 3 amide bonds. The molecule has 4 rings (SSSR count). The number of aromatic nitrogens is 1. The molecule has 0 atom stereocenters. The lowest BCUT2D eigenvalue weighted by molar-refractivity contribution is 0.0951. The summed E-state index contributed by atoms with van der Waals surface area (Å²) < 4.78 is 0. The molecule has 1 saturated heterocycles. The Balaban J connectivity index is 1.51. The number of urea groups is 1. The van der Waals surface area contributed by atoms with Crippen LogP contribution in [0.25, 0.3) is 0 Å². The number of carbonyl (C=O) groups excluding carboxylic acids is 2. The normalized spacial score (nSPS) is 13.0. The van der Waals surface area contributed by atoms with Gasteiger partial charge in [0.15, 0.2) is 0 Å². The first-order valence-corrected chi connectivity index (χ1v) is 11.2. The molecule has 3 N–H and O–H groups in total. The van der Waals surface area contributed by atoms with Crippen LogP contribution < -0.4 is 20.9 Å². The molecule has 0 radical (unpaired) electrons. The first kappa shape index (κ1) is 22.3. The van der Waals surface area contributed by atoms with E-state index in [1.54, 1.807) is 18.5 Å². The first-order chi connectivity index (χ1) is 16.0. The molecule has 1 aliphatic rings. The zero-order chi connectivity index (χ0) is 23.2. The standard InChI is InChI=1S/C26H29N5O2/c1-18-7-9-23(19(2)14-18)30-26(33)29-21-8-10-24(31-12-3-4-13-31)22(15-21)25(32)28-17-20-6-5-11-27-16-20/h5-11,14-16H,3-4,12-13,17H2,1-2H3,(H,28,32)(H2,29,30,33). The van der Waals surface area contributed by atoms with Gasteiger partial charge in [-0.2, -0.15) is 0 Å². The molecule has 0 saturated carbocycles. The fraction of sp³-hybridized carbons (Fsp3) is 0.269. The summed E-state index contributed by atoms with van der Waals surface area (Å²) in [6, 6.07) is 14.8. The van der Waals surface area contributed by atoms with Crippen molar-refractivity contribution in [2.75, 3.05) is 28.6 Å². The lowest BCUT2D eigenvalue weighted by Crippen LogP contribution is -2.28. The zero-order valence-corrected chi connectivity index (χ0v) is 19.0. The highest BCUT2D eigenvalue weighted by Gasteiger charge is 2.20. The molecule has 170 valence electrons. The Morgan fingerprint density at radius 1 is 1.00 bits per heavy atom. The predicted molar refractivity (Wildman–Crippen MR) is 132 cm³/mol. The van der Waals surface area contributed by atoms with E-state index in [0.29, 0.717) is 17.8 Å². The maximum absolute atomic E-state index is 13.1. The summed E-state index contributed by atoms with van der Waals surface area (Å²) in [6.07, 6.45) is 5.65. The number of pyridine rings is 1. The molecule has 1 aromatic heterocycles. The monoisotopic (exact) mass is 443 g/mol. The summed E-state index contributed by atoms with van der Waals surface area (Å²) in [6.45, 7) is 6.19. The number of benzene rings is 2. The molecule has 7 heteroatoms. The number of anilines is 3. The SMILES string of the molecule is Cc1ccc(NC(=O)Nc2ccc(N3CCCC3)c(C(=O)NCc3cccnc3)c2)c(C)c1. The topological polar surface area (TPSA) is 86.4 Å². The Morgan fingerprint density at radius 3 is 2.55 bits per heavy atom. The summed E-state index contributed by atoms with van der Waals surface area (Å²) in [5.74, 6) is -0.181. The van der Waals surface area contributed by atoms with Crippen LogP contribution in [0.4, 0.5) is 21.9 Å². The lowest BCUT2D eigenvalue weighted by Gasteiger charge is -2.22. The number of rotatable bonds is 6. The van der Waals surface area contributed by atoms with Crippen LogP contribution in [-0.4, -0.2) is 30.0 Å². The van der Waals surface area contributed by atoms with Crippen LogP contribution in [0.5, 0.6) is 0 Å². The summed E-state index contributed by atoms with van der Waals surface area (Å²) in [5.41, 5.74) is 5.80. The minimum Gasteiger partial charge on any atom is -0.371 e. The number of aryl methyl sites for hydroxylation is 2. The molecule has 3 aromatic rings. The largest absolute Gasteiger partial charge is 0.371 e. The predicted octanol–water partition coefficient (Wildman–Crippen LogP) is 4.87. The molecule has 0 aliphatic carbocycles. The van der Waals surface area contributed by atoms with Crippen molar-refractivity contribution in [2.24, 2.45) is 0 Å². The maximum Gasteiger partial charge on any atom is 0.323 e. The number of amides is 3.